The number of methoxy groups -OCH3 is 2. The Kier molecular flexibility index (Phi) is 7.31. The zero-order chi connectivity index (χ0) is 23.2. The molecule has 0 aliphatic carbocycles. The molecular formula is C24H23BrN4O3S. The molecule has 4 rings (SSSR count). The van der Waals surface area contributed by atoms with Crippen LogP contribution in [-0.2, 0) is 13.2 Å². The molecule has 2 N–H and O–H groups in total. The Hall–Kier alpha value is -3.30. The lowest BCUT2D eigenvalue weighted by atomic mass is 10.1. The molecule has 0 aliphatic heterocycles. The predicted octanol–water partition coefficient (Wildman–Crippen LogP) is 5.71. The molecule has 0 saturated heterocycles. The summed E-state index contributed by atoms with van der Waals surface area (Å²) in [7, 11) is 3.25. The summed E-state index contributed by atoms with van der Waals surface area (Å²) in [6, 6.07) is 21.5. The van der Waals surface area contributed by atoms with Crippen LogP contribution in [-0.4, -0.2) is 29.1 Å². The van der Waals surface area contributed by atoms with Crippen molar-refractivity contribution in [3.05, 3.63) is 87.1 Å². The molecule has 1 aromatic heterocycles. The van der Waals surface area contributed by atoms with Gasteiger partial charge in [-0.15, -0.1) is 0 Å². The van der Waals surface area contributed by atoms with Gasteiger partial charge in [0.1, 0.15) is 12.4 Å². The number of nitrogens with one attached hydrogen (secondary N) is 2. The van der Waals surface area contributed by atoms with Gasteiger partial charge in [0.25, 0.3) is 0 Å². The number of halogens is 1. The van der Waals surface area contributed by atoms with E-state index in [2.05, 4.69) is 31.6 Å². The molecule has 0 amide bonds. The third kappa shape index (κ3) is 5.20. The van der Waals surface area contributed by atoms with Gasteiger partial charge >= 0.3 is 0 Å². The lowest BCUT2D eigenvalue weighted by Gasteiger charge is -2.18. The molecular weight excluding hydrogens is 504 g/mol. The van der Waals surface area contributed by atoms with Crippen LogP contribution in [0.2, 0.25) is 0 Å². The Morgan fingerprint density at radius 1 is 1.00 bits per heavy atom. The summed E-state index contributed by atoms with van der Waals surface area (Å²) < 4.78 is 20.3. The first-order valence-corrected chi connectivity index (χ1v) is 11.4. The van der Waals surface area contributed by atoms with Gasteiger partial charge in [-0.3, -0.25) is 0 Å². The number of hydrogen-bond donors (Lipinski definition) is 2. The Balaban J connectivity index is 1.63. The molecule has 4 aromatic rings. The number of ether oxygens (including phenoxy) is 3. The molecule has 0 spiro atoms. The van der Waals surface area contributed by atoms with Crippen molar-refractivity contribution < 1.29 is 14.2 Å². The van der Waals surface area contributed by atoms with Gasteiger partial charge < -0.3 is 19.6 Å². The number of para-hydroxylation sites is 1. The highest BCUT2D eigenvalue weighted by Crippen LogP contribution is 2.36. The van der Waals surface area contributed by atoms with Crippen molar-refractivity contribution in [3.63, 3.8) is 0 Å². The molecule has 1 heterocycles. The maximum atomic E-state index is 6.19. The van der Waals surface area contributed by atoms with E-state index >= 15 is 0 Å². The minimum atomic E-state index is 0.413. The fourth-order valence-corrected chi connectivity index (χ4v) is 4.10. The fourth-order valence-electron chi connectivity index (χ4n) is 3.42. The monoisotopic (exact) mass is 526 g/mol. The number of nitrogens with zero attached hydrogens (tertiary/aromatic N) is 2. The van der Waals surface area contributed by atoms with Crippen molar-refractivity contribution in [1.29, 1.82) is 0 Å². The van der Waals surface area contributed by atoms with Crippen LogP contribution in [0, 0.1) is 4.77 Å². The van der Waals surface area contributed by atoms with Crippen LogP contribution in [0.25, 0.3) is 11.4 Å². The van der Waals surface area contributed by atoms with Crippen LogP contribution < -0.4 is 19.6 Å². The number of aromatic nitrogens is 3. The van der Waals surface area contributed by atoms with Crippen LogP contribution in [0.1, 0.15) is 11.1 Å². The Morgan fingerprint density at radius 3 is 2.48 bits per heavy atom. The second kappa shape index (κ2) is 10.5. The van der Waals surface area contributed by atoms with Gasteiger partial charge in [-0.05, 0) is 42.0 Å². The molecule has 9 heteroatoms. The molecule has 7 nitrogen and oxygen atoms in total. The first-order chi connectivity index (χ1) is 16.1. The average molecular weight is 527 g/mol. The number of hydrogen-bond acceptors (Lipinski definition) is 6. The normalized spacial score (nSPS) is 10.6. The van der Waals surface area contributed by atoms with Gasteiger partial charge in [-0.25, -0.2) is 9.77 Å². The van der Waals surface area contributed by atoms with Gasteiger partial charge in [0.15, 0.2) is 17.3 Å². The maximum absolute atomic E-state index is 6.19. The highest BCUT2D eigenvalue weighted by molar-refractivity contribution is 9.10. The Morgan fingerprint density at radius 2 is 1.73 bits per heavy atom. The lowest BCUT2D eigenvalue weighted by Crippen LogP contribution is -2.17. The number of H-pyrrole nitrogens is 1. The van der Waals surface area contributed by atoms with Crippen molar-refractivity contribution >= 4 is 28.1 Å². The number of aromatic amines is 1. The summed E-state index contributed by atoms with van der Waals surface area (Å²) in [4.78, 5) is 0. The molecule has 0 saturated carbocycles. The molecule has 0 radical (unpaired) electrons. The highest BCUT2D eigenvalue weighted by Gasteiger charge is 2.16. The highest BCUT2D eigenvalue weighted by atomic mass is 79.9. The van der Waals surface area contributed by atoms with Crippen molar-refractivity contribution in [2.75, 3.05) is 19.6 Å². The minimum absolute atomic E-state index is 0.413. The molecule has 170 valence electrons. The molecule has 0 unspecified atom stereocenters. The average Bonchev–Trinajstić information content (AvgIpc) is 3.22. The number of rotatable bonds is 9. The van der Waals surface area contributed by atoms with E-state index in [1.54, 1.807) is 18.9 Å². The third-order valence-corrected chi connectivity index (χ3v) is 5.72. The molecule has 0 bridgehead atoms. The van der Waals surface area contributed by atoms with Crippen LogP contribution in [0.3, 0.4) is 0 Å². The lowest BCUT2D eigenvalue weighted by molar-refractivity contribution is 0.281. The first kappa shape index (κ1) is 22.9. The van der Waals surface area contributed by atoms with Crippen LogP contribution in [0.4, 0.5) is 0 Å². The van der Waals surface area contributed by atoms with E-state index in [0.717, 1.165) is 21.2 Å². The van der Waals surface area contributed by atoms with Gasteiger partial charge in [-0.2, -0.15) is 5.10 Å². The van der Waals surface area contributed by atoms with E-state index in [4.69, 9.17) is 26.4 Å². The quantitative estimate of drug-likeness (QED) is 0.272. The third-order valence-electron chi connectivity index (χ3n) is 4.99. The molecule has 33 heavy (non-hydrogen) atoms. The standard InChI is InChI=1S/C24H23BrN4O3S/c1-30-20-11-7-6-10-19(20)23-27-28-24(33)29(23)26-14-17-12-18(25)13-21(31-2)22(17)32-15-16-8-4-3-5-9-16/h3-13,26H,14-15H2,1-2H3,(H,28,33). The second-order valence-corrected chi connectivity index (χ2v) is 8.40. The summed E-state index contributed by atoms with van der Waals surface area (Å²) in [6.45, 7) is 0.833. The summed E-state index contributed by atoms with van der Waals surface area (Å²) in [6.07, 6.45) is 0. The minimum Gasteiger partial charge on any atom is -0.496 e. The van der Waals surface area contributed by atoms with E-state index in [9.17, 15) is 0 Å². The van der Waals surface area contributed by atoms with E-state index in [1.807, 2.05) is 66.7 Å². The Bertz CT molecular complexity index is 1290. The predicted molar refractivity (Wildman–Crippen MR) is 134 cm³/mol. The number of benzene rings is 3. The van der Waals surface area contributed by atoms with Crippen LogP contribution in [0.15, 0.2) is 71.2 Å². The largest absolute Gasteiger partial charge is 0.496 e. The van der Waals surface area contributed by atoms with E-state index in [1.165, 1.54) is 0 Å². The summed E-state index contributed by atoms with van der Waals surface area (Å²) >= 11 is 9.03. The molecule has 0 aliphatic rings. The fraction of sp³-hybridized carbons (Fsp3) is 0.167. The zero-order valence-corrected chi connectivity index (χ0v) is 20.6. The molecule has 0 atom stereocenters. The topological polar surface area (TPSA) is 73.3 Å². The van der Waals surface area contributed by atoms with E-state index in [0.29, 0.717) is 41.0 Å². The van der Waals surface area contributed by atoms with Gasteiger partial charge in [0.05, 0.1) is 26.3 Å². The van der Waals surface area contributed by atoms with Crippen LogP contribution in [0.5, 0.6) is 17.2 Å². The zero-order valence-electron chi connectivity index (χ0n) is 18.2. The van der Waals surface area contributed by atoms with E-state index in [-0.39, 0.29) is 0 Å². The van der Waals surface area contributed by atoms with Crippen molar-refractivity contribution in [3.8, 4) is 28.6 Å². The van der Waals surface area contributed by atoms with Gasteiger partial charge in [0.2, 0.25) is 4.77 Å². The molecule has 3 aromatic carbocycles. The van der Waals surface area contributed by atoms with Crippen LogP contribution >= 0.6 is 28.1 Å². The molecule has 0 fully saturated rings. The Labute approximate surface area is 205 Å². The van der Waals surface area contributed by atoms with Crippen molar-refractivity contribution in [1.82, 2.24) is 14.9 Å². The van der Waals surface area contributed by atoms with E-state index < -0.39 is 0 Å². The summed E-state index contributed by atoms with van der Waals surface area (Å²) in [5.74, 6) is 2.61. The SMILES string of the molecule is COc1ccccc1-c1n[nH]c(=S)n1NCc1cc(Br)cc(OC)c1OCc1ccccc1. The second-order valence-electron chi connectivity index (χ2n) is 7.09. The van der Waals surface area contributed by atoms with Crippen molar-refractivity contribution in [2.24, 2.45) is 0 Å². The first-order valence-electron chi connectivity index (χ1n) is 10.2. The summed E-state index contributed by atoms with van der Waals surface area (Å²) in [5.41, 5.74) is 6.13. The van der Waals surface area contributed by atoms with Gasteiger partial charge in [-0.1, -0.05) is 58.4 Å². The van der Waals surface area contributed by atoms with Crippen molar-refractivity contribution in [2.45, 2.75) is 13.2 Å². The summed E-state index contributed by atoms with van der Waals surface area (Å²) in [5, 5.41) is 7.25. The maximum Gasteiger partial charge on any atom is 0.214 e. The van der Waals surface area contributed by atoms with Gasteiger partial charge in [0, 0.05) is 10.0 Å². The smallest absolute Gasteiger partial charge is 0.214 e.